The maximum atomic E-state index is 13.6. The van der Waals surface area contributed by atoms with Gasteiger partial charge in [-0.15, -0.1) is 11.3 Å². The van der Waals surface area contributed by atoms with Gasteiger partial charge in [0.15, 0.2) is 5.76 Å². The largest absolute Gasteiger partial charge is 0.459 e. The molecule has 0 saturated carbocycles. The Bertz CT molecular complexity index is 1110. The molecule has 1 aliphatic rings. The second-order valence-electron chi connectivity index (χ2n) is 9.91. The number of hydrogen-bond donors (Lipinski definition) is 0. The first-order valence-electron chi connectivity index (χ1n) is 11.5. The Kier molecular flexibility index (Phi) is 6.48. The Balaban J connectivity index is 1.63. The van der Waals surface area contributed by atoms with Crippen LogP contribution in [-0.4, -0.2) is 40.7 Å². The Morgan fingerprint density at radius 3 is 2.48 bits per heavy atom. The smallest absolute Gasteiger partial charge is 0.290 e. The van der Waals surface area contributed by atoms with E-state index >= 15 is 0 Å². The fourth-order valence-corrected chi connectivity index (χ4v) is 5.28. The number of fused-ring (bicyclic) bond motifs is 1. The molecular formula is C27H32N2O3S. The zero-order chi connectivity index (χ0) is 23.8. The van der Waals surface area contributed by atoms with Gasteiger partial charge >= 0.3 is 0 Å². The average Bonchev–Trinajstić information content (AvgIpc) is 3.47. The first-order valence-corrected chi connectivity index (χ1v) is 12.4. The van der Waals surface area contributed by atoms with Crippen molar-refractivity contribution in [1.29, 1.82) is 0 Å². The van der Waals surface area contributed by atoms with E-state index in [-0.39, 0.29) is 41.6 Å². The van der Waals surface area contributed by atoms with Crippen LogP contribution >= 0.6 is 11.3 Å². The summed E-state index contributed by atoms with van der Waals surface area (Å²) in [6.45, 7) is 11.1. The number of nitrogens with zero attached hydrogens (tertiary/aromatic N) is 2. The molecule has 0 saturated heterocycles. The van der Waals surface area contributed by atoms with Crippen LogP contribution in [-0.2, 0) is 16.6 Å². The fraction of sp³-hybridized carbons (Fsp3) is 0.407. The number of furan rings is 1. The van der Waals surface area contributed by atoms with Crippen LogP contribution in [0.5, 0.6) is 0 Å². The lowest BCUT2D eigenvalue weighted by atomic mass is 9.85. The fourth-order valence-electron chi connectivity index (χ4n) is 4.38. The van der Waals surface area contributed by atoms with Crippen molar-refractivity contribution in [3.05, 3.63) is 81.4 Å². The van der Waals surface area contributed by atoms with Crippen LogP contribution in [0.2, 0.25) is 0 Å². The number of carbonyl (C=O) groups is 2. The summed E-state index contributed by atoms with van der Waals surface area (Å²) in [4.78, 5) is 31.5. The van der Waals surface area contributed by atoms with E-state index in [0.29, 0.717) is 6.54 Å². The van der Waals surface area contributed by atoms with E-state index in [9.17, 15) is 9.59 Å². The van der Waals surface area contributed by atoms with Crippen LogP contribution in [0.4, 0.5) is 0 Å². The zero-order valence-electron chi connectivity index (χ0n) is 20.0. The summed E-state index contributed by atoms with van der Waals surface area (Å²) in [7, 11) is 0. The molecule has 1 aliphatic heterocycles. The molecule has 6 heteroatoms. The molecule has 2 amide bonds. The van der Waals surface area contributed by atoms with Gasteiger partial charge in [-0.2, -0.15) is 0 Å². The summed E-state index contributed by atoms with van der Waals surface area (Å²) in [5, 5.41) is 2.11. The highest BCUT2D eigenvalue weighted by Gasteiger charge is 2.35. The van der Waals surface area contributed by atoms with Crippen molar-refractivity contribution < 1.29 is 14.0 Å². The van der Waals surface area contributed by atoms with Crippen molar-refractivity contribution in [1.82, 2.24) is 9.80 Å². The molecule has 174 valence electrons. The SMILES string of the molecule is CC(C)N(CC(=O)N1CCc2sccc2C1c1ccc(C(C)(C)C)cc1)C(=O)c1ccco1. The minimum atomic E-state index is -0.261. The Morgan fingerprint density at radius 2 is 1.88 bits per heavy atom. The summed E-state index contributed by atoms with van der Waals surface area (Å²) >= 11 is 1.75. The van der Waals surface area contributed by atoms with Crippen LogP contribution in [0, 0.1) is 0 Å². The van der Waals surface area contributed by atoms with E-state index < -0.39 is 0 Å². The second-order valence-corrected chi connectivity index (χ2v) is 10.9. The molecule has 0 fully saturated rings. The molecule has 1 aromatic carbocycles. The van der Waals surface area contributed by atoms with Crippen molar-refractivity contribution >= 4 is 23.2 Å². The van der Waals surface area contributed by atoms with Gasteiger partial charge in [-0.1, -0.05) is 45.0 Å². The van der Waals surface area contributed by atoms with Crippen LogP contribution in [0.25, 0.3) is 0 Å². The molecule has 0 bridgehead atoms. The summed E-state index contributed by atoms with van der Waals surface area (Å²) in [5.41, 5.74) is 3.62. The molecule has 33 heavy (non-hydrogen) atoms. The quantitative estimate of drug-likeness (QED) is 0.489. The molecule has 2 aromatic heterocycles. The number of amides is 2. The molecule has 0 aliphatic carbocycles. The van der Waals surface area contributed by atoms with Crippen molar-refractivity contribution in [2.24, 2.45) is 0 Å². The minimum absolute atomic E-state index is 0.0211. The number of benzene rings is 1. The monoisotopic (exact) mass is 464 g/mol. The zero-order valence-corrected chi connectivity index (χ0v) is 20.8. The molecule has 0 spiro atoms. The van der Waals surface area contributed by atoms with Crippen molar-refractivity contribution in [2.45, 2.75) is 58.5 Å². The van der Waals surface area contributed by atoms with E-state index in [1.807, 2.05) is 18.7 Å². The molecular weight excluding hydrogens is 432 g/mol. The molecule has 3 heterocycles. The van der Waals surface area contributed by atoms with Crippen LogP contribution in [0.15, 0.2) is 58.5 Å². The van der Waals surface area contributed by atoms with Gasteiger partial charge in [-0.25, -0.2) is 0 Å². The molecule has 3 aromatic rings. The molecule has 1 atom stereocenters. The Labute approximate surface area is 200 Å². The van der Waals surface area contributed by atoms with Gasteiger partial charge in [0.05, 0.1) is 12.3 Å². The summed E-state index contributed by atoms with van der Waals surface area (Å²) in [6.07, 6.45) is 2.32. The summed E-state index contributed by atoms with van der Waals surface area (Å²) in [6, 6.07) is 13.8. The first-order chi connectivity index (χ1) is 15.7. The van der Waals surface area contributed by atoms with Gasteiger partial charge < -0.3 is 14.2 Å². The van der Waals surface area contributed by atoms with Crippen molar-refractivity contribution in [3.63, 3.8) is 0 Å². The van der Waals surface area contributed by atoms with Crippen molar-refractivity contribution in [2.75, 3.05) is 13.1 Å². The van der Waals surface area contributed by atoms with Gasteiger partial charge in [-0.3, -0.25) is 9.59 Å². The predicted octanol–water partition coefficient (Wildman–Crippen LogP) is 5.66. The maximum Gasteiger partial charge on any atom is 0.290 e. The standard InChI is InChI=1S/C27H32N2O3S/c1-18(2)29(26(31)22-7-6-15-32-22)17-24(30)28-14-12-23-21(13-16-33-23)25(28)19-8-10-20(11-9-19)27(3,4)5/h6-11,13,15-16,18,25H,12,14,17H2,1-5H3. The van der Waals surface area contributed by atoms with Gasteiger partial charge in [0.2, 0.25) is 5.91 Å². The lowest BCUT2D eigenvalue weighted by molar-refractivity contribution is -0.134. The van der Waals surface area contributed by atoms with Crippen molar-refractivity contribution in [3.8, 4) is 0 Å². The highest BCUT2D eigenvalue weighted by atomic mass is 32.1. The number of hydrogen-bond acceptors (Lipinski definition) is 4. The molecule has 1 unspecified atom stereocenters. The average molecular weight is 465 g/mol. The van der Waals surface area contributed by atoms with Crippen LogP contribution in [0.3, 0.4) is 0 Å². The van der Waals surface area contributed by atoms with Crippen LogP contribution < -0.4 is 0 Å². The molecule has 4 rings (SSSR count). The topological polar surface area (TPSA) is 53.8 Å². The normalized spacial score (nSPS) is 16.1. The first kappa shape index (κ1) is 23.3. The highest BCUT2D eigenvalue weighted by molar-refractivity contribution is 7.10. The maximum absolute atomic E-state index is 13.6. The minimum Gasteiger partial charge on any atom is -0.459 e. The van der Waals surface area contributed by atoms with E-state index in [2.05, 4.69) is 56.5 Å². The predicted molar refractivity (Wildman–Crippen MR) is 132 cm³/mol. The molecule has 5 nitrogen and oxygen atoms in total. The van der Waals surface area contributed by atoms with Gasteiger partial charge in [0.1, 0.15) is 6.54 Å². The van der Waals surface area contributed by atoms with E-state index in [0.717, 1.165) is 12.0 Å². The lowest BCUT2D eigenvalue weighted by Crippen LogP contribution is -2.48. The molecule has 0 N–H and O–H groups in total. The van der Waals surface area contributed by atoms with E-state index in [4.69, 9.17) is 4.42 Å². The van der Waals surface area contributed by atoms with Gasteiger partial charge in [0.25, 0.3) is 5.91 Å². The highest BCUT2D eigenvalue weighted by Crippen LogP contribution is 2.38. The van der Waals surface area contributed by atoms with E-state index in [1.54, 1.807) is 28.4 Å². The van der Waals surface area contributed by atoms with E-state index in [1.165, 1.54) is 22.3 Å². The Morgan fingerprint density at radius 1 is 1.15 bits per heavy atom. The number of thiophene rings is 1. The summed E-state index contributed by atoms with van der Waals surface area (Å²) in [5.74, 6) is -0.0578. The lowest BCUT2D eigenvalue weighted by Gasteiger charge is -2.38. The Hall–Kier alpha value is -2.86. The molecule has 0 radical (unpaired) electrons. The van der Waals surface area contributed by atoms with Crippen LogP contribution in [0.1, 0.15) is 72.8 Å². The third-order valence-corrected chi connectivity index (χ3v) is 7.30. The second kappa shape index (κ2) is 9.18. The van der Waals surface area contributed by atoms with Gasteiger partial charge in [-0.05, 0) is 66.0 Å². The summed E-state index contributed by atoms with van der Waals surface area (Å²) < 4.78 is 5.30. The van der Waals surface area contributed by atoms with Gasteiger partial charge in [0, 0.05) is 17.5 Å². The third kappa shape index (κ3) is 4.76. The number of rotatable bonds is 5. The third-order valence-electron chi connectivity index (χ3n) is 6.30. The number of carbonyl (C=O) groups excluding carboxylic acids is 2.